The predicted molar refractivity (Wildman–Crippen MR) is 72.6 cm³/mol. The lowest BCUT2D eigenvalue weighted by Gasteiger charge is -2.30. The molecule has 0 aromatic rings. The molecule has 4 heteroatoms. The Hall–Kier alpha value is -0.160. The Balaban J connectivity index is 1.93. The van der Waals surface area contributed by atoms with E-state index in [9.17, 15) is 0 Å². The van der Waals surface area contributed by atoms with Crippen molar-refractivity contribution in [3.63, 3.8) is 0 Å². The fourth-order valence-corrected chi connectivity index (χ4v) is 2.57. The average molecular weight is 259 g/mol. The summed E-state index contributed by atoms with van der Waals surface area (Å²) >= 11 is 0. The first kappa shape index (κ1) is 15.9. The van der Waals surface area contributed by atoms with Gasteiger partial charge in [-0.1, -0.05) is 12.8 Å². The molecule has 108 valence electrons. The molecule has 0 radical (unpaired) electrons. The average Bonchev–Trinajstić information content (AvgIpc) is 2.42. The van der Waals surface area contributed by atoms with E-state index in [0.29, 0.717) is 25.0 Å². The van der Waals surface area contributed by atoms with Gasteiger partial charge in [0.05, 0.1) is 13.2 Å². The van der Waals surface area contributed by atoms with Crippen LogP contribution in [-0.2, 0) is 14.2 Å². The highest BCUT2D eigenvalue weighted by Gasteiger charge is 2.23. The fourth-order valence-electron chi connectivity index (χ4n) is 2.57. The molecule has 1 saturated carbocycles. The minimum atomic E-state index is 0.664. The number of ether oxygens (including phenoxy) is 3. The van der Waals surface area contributed by atoms with Gasteiger partial charge in [-0.25, -0.2) is 0 Å². The Morgan fingerprint density at radius 2 is 1.67 bits per heavy atom. The number of nitrogens with two attached hydrogens (primary N) is 1. The second kappa shape index (κ2) is 10.7. The van der Waals surface area contributed by atoms with Gasteiger partial charge in [-0.05, 0) is 37.6 Å². The summed E-state index contributed by atoms with van der Waals surface area (Å²) in [7, 11) is 1.71. The van der Waals surface area contributed by atoms with Crippen LogP contribution in [0, 0.1) is 11.8 Å². The predicted octanol–water partition coefficient (Wildman–Crippen LogP) is 1.82. The van der Waals surface area contributed by atoms with Crippen LogP contribution in [-0.4, -0.2) is 46.7 Å². The second-order valence-electron chi connectivity index (χ2n) is 5.07. The van der Waals surface area contributed by atoms with E-state index in [1.54, 1.807) is 7.11 Å². The monoisotopic (exact) mass is 259 g/mol. The molecule has 0 heterocycles. The van der Waals surface area contributed by atoms with E-state index >= 15 is 0 Å². The molecule has 1 rings (SSSR count). The Morgan fingerprint density at radius 1 is 0.944 bits per heavy atom. The van der Waals surface area contributed by atoms with Gasteiger partial charge >= 0.3 is 0 Å². The van der Waals surface area contributed by atoms with Gasteiger partial charge in [0, 0.05) is 26.9 Å². The summed E-state index contributed by atoms with van der Waals surface area (Å²) in [5.41, 5.74) is 5.80. The van der Waals surface area contributed by atoms with Gasteiger partial charge in [0.15, 0.2) is 0 Å². The molecule has 0 amide bonds. The molecule has 0 aromatic carbocycles. The summed E-state index contributed by atoms with van der Waals surface area (Å²) in [4.78, 5) is 0. The second-order valence-corrected chi connectivity index (χ2v) is 5.07. The maximum absolute atomic E-state index is 5.80. The minimum Gasteiger partial charge on any atom is -0.385 e. The molecular formula is C14H29NO3. The van der Waals surface area contributed by atoms with E-state index in [1.807, 2.05) is 0 Å². The van der Waals surface area contributed by atoms with Crippen LogP contribution in [0.3, 0.4) is 0 Å². The van der Waals surface area contributed by atoms with Gasteiger partial charge in [0.2, 0.25) is 0 Å². The van der Waals surface area contributed by atoms with Crippen molar-refractivity contribution in [3.05, 3.63) is 0 Å². The topological polar surface area (TPSA) is 53.7 Å². The molecular weight excluding hydrogens is 230 g/mol. The molecule has 0 aromatic heterocycles. The van der Waals surface area contributed by atoms with Gasteiger partial charge in [-0.15, -0.1) is 0 Å². The standard InChI is InChI=1S/C14H29NO3/c1-16-7-4-8-17-9-10-18-12-14-6-3-2-5-13(14)11-15/h13-14H,2-12,15H2,1H3. The lowest BCUT2D eigenvalue weighted by molar-refractivity contribution is 0.0129. The van der Waals surface area contributed by atoms with Gasteiger partial charge in [0.1, 0.15) is 0 Å². The first-order valence-electron chi connectivity index (χ1n) is 7.23. The van der Waals surface area contributed by atoms with Gasteiger partial charge in [-0.3, -0.25) is 0 Å². The Labute approximate surface area is 111 Å². The minimum absolute atomic E-state index is 0.664. The van der Waals surface area contributed by atoms with E-state index in [1.165, 1.54) is 25.7 Å². The van der Waals surface area contributed by atoms with Crippen LogP contribution in [0.5, 0.6) is 0 Å². The highest BCUT2D eigenvalue weighted by Crippen LogP contribution is 2.29. The summed E-state index contributed by atoms with van der Waals surface area (Å²) in [6.07, 6.45) is 6.17. The molecule has 4 nitrogen and oxygen atoms in total. The zero-order valence-corrected chi connectivity index (χ0v) is 11.7. The van der Waals surface area contributed by atoms with Crippen molar-refractivity contribution in [2.45, 2.75) is 32.1 Å². The molecule has 1 fully saturated rings. The third-order valence-electron chi connectivity index (χ3n) is 3.71. The van der Waals surface area contributed by atoms with Crippen LogP contribution < -0.4 is 5.73 Å². The third-order valence-corrected chi connectivity index (χ3v) is 3.71. The molecule has 2 N–H and O–H groups in total. The summed E-state index contributed by atoms with van der Waals surface area (Å²) in [6, 6.07) is 0. The fraction of sp³-hybridized carbons (Fsp3) is 1.00. The lowest BCUT2D eigenvalue weighted by atomic mass is 9.80. The van der Waals surface area contributed by atoms with E-state index in [4.69, 9.17) is 19.9 Å². The summed E-state index contributed by atoms with van der Waals surface area (Å²) < 4.78 is 16.1. The van der Waals surface area contributed by atoms with Crippen LogP contribution in [0.25, 0.3) is 0 Å². The molecule has 1 aliphatic rings. The number of hydrogen-bond acceptors (Lipinski definition) is 4. The number of rotatable bonds is 10. The lowest BCUT2D eigenvalue weighted by Crippen LogP contribution is -2.30. The van der Waals surface area contributed by atoms with E-state index in [0.717, 1.165) is 32.8 Å². The number of hydrogen-bond donors (Lipinski definition) is 1. The van der Waals surface area contributed by atoms with Gasteiger partial charge < -0.3 is 19.9 Å². The molecule has 0 aliphatic heterocycles. The molecule has 0 spiro atoms. The van der Waals surface area contributed by atoms with Crippen molar-refractivity contribution >= 4 is 0 Å². The first-order valence-corrected chi connectivity index (χ1v) is 7.23. The van der Waals surface area contributed by atoms with Crippen LogP contribution in [0.4, 0.5) is 0 Å². The van der Waals surface area contributed by atoms with Crippen molar-refractivity contribution < 1.29 is 14.2 Å². The molecule has 2 unspecified atom stereocenters. The molecule has 0 bridgehead atoms. The summed E-state index contributed by atoms with van der Waals surface area (Å²) in [5, 5.41) is 0. The van der Waals surface area contributed by atoms with Crippen molar-refractivity contribution in [3.8, 4) is 0 Å². The first-order chi connectivity index (χ1) is 8.88. The molecule has 2 atom stereocenters. The third kappa shape index (κ3) is 6.69. The summed E-state index contributed by atoms with van der Waals surface area (Å²) in [5.74, 6) is 1.33. The SMILES string of the molecule is COCCCOCCOCC1CCCCC1CN. The van der Waals surface area contributed by atoms with Crippen LogP contribution in [0.15, 0.2) is 0 Å². The largest absolute Gasteiger partial charge is 0.385 e. The zero-order chi connectivity index (χ0) is 13.1. The zero-order valence-electron chi connectivity index (χ0n) is 11.7. The van der Waals surface area contributed by atoms with Gasteiger partial charge in [0.25, 0.3) is 0 Å². The van der Waals surface area contributed by atoms with Crippen LogP contribution in [0.1, 0.15) is 32.1 Å². The maximum Gasteiger partial charge on any atom is 0.0700 e. The smallest absolute Gasteiger partial charge is 0.0700 e. The summed E-state index contributed by atoms with van der Waals surface area (Å²) in [6.45, 7) is 4.56. The van der Waals surface area contributed by atoms with E-state index in [-0.39, 0.29) is 0 Å². The van der Waals surface area contributed by atoms with Crippen molar-refractivity contribution in [1.82, 2.24) is 0 Å². The van der Waals surface area contributed by atoms with Crippen LogP contribution in [0.2, 0.25) is 0 Å². The Morgan fingerprint density at radius 3 is 2.39 bits per heavy atom. The van der Waals surface area contributed by atoms with Crippen molar-refractivity contribution in [2.75, 3.05) is 46.7 Å². The van der Waals surface area contributed by atoms with Crippen molar-refractivity contribution in [1.29, 1.82) is 0 Å². The van der Waals surface area contributed by atoms with Gasteiger partial charge in [-0.2, -0.15) is 0 Å². The van der Waals surface area contributed by atoms with E-state index in [2.05, 4.69) is 0 Å². The number of methoxy groups -OCH3 is 1. The van der Waals surface area contributed by atoms with Crippen LogP contribution >= 0.6 is 0 Å². The van der Waals surface area contributed by atoms with E-state index < -0.39 is 0 Å². The maximum atomic E-state index is 5.80. The molecule has 1 aliphatic carbocycles. The Kier molecular flexibility index (Phi) is 9.48. The normalized spacial score (nSPS) is 24.3. The highest BCUT2D eigenvalue weighted by molar-refractivity contribution is 4.75. The quantitative estimate of drug-likeness (QED) is 0.608. The highest BCUT2D eigenvalue weighted by atomic mass is 16.5. The van der Waals surface area contributed by atoms with Crippen molar-refractivity contribution in [2.24, 2.45) is 17.6 Å². The molecule has 18 heavy (non-hydrogen) atoms. The Bertz CT molecular complexity index is 190. The molecule has 0 saturated heterocycles.